The summed E-state index contributed by atoms with van der Waals surface area (Å²) in [5, 5.41) is 9.96. The molecule has 22 heavy (non-hydrogen) atoms. The van der Waals surface area contributed by atoms with Crippen molar-refractivity contribution in [2.24, 2.45) is 0 Å². The number of phenolic OH excluding ortho intramolecular Hbond substituents is 1. The quantitative estimate of drug-likeness (QED) is 0.653. The van der Waals surface area contributed by atoms with E-state index >= 15 is 0 Å². The van der Waals surface area contributed by atoms with Crippen LogP contribution in [0.1, 0.15) is 28.8 Å². The fourth-order valence-corrected chi connectivity index (χ4v) is 1.96. The van der Waals surface area contributed by atoms with Crippen LogP contribution in [-0.2, 0) is 9.53 Å². The second-order valence-corrected chi connectivity index (χ2v) is 4.65. The van der Waals surface area contributed by atoms with Gasteiger partial charge in [-0.25, -0.2) is 4.98 Å². The van der Waals surface area contributed by atoms with E-state index < -0.39 is 5.97 Å². The molecule has 0 bridgehead atoms. The number of nitrogens with zero attached hydrogens (tertiary/aromatic N) is 2. The molecule has 1 heterocycles. The van der Waals surface area contributed by atoms with E-state index in [4.69, 9.17) is 0 Å². The lowest BCUT2D eigenvalue weighted by molar-refractivity contribution is -0.140. The molecule has 1 aromatic carbocycles. The number of ketones is 1. The number of rotatable bonds is 6. The number of Topliss-reactive ketones (excluding diaryl/α,β-unsaturated/α-hetero) is 1. The first-order valence-electron chi connectivity index (χ1n) is 6.63. The molecule has 0 saturated carbocycles. The Kier molecular flexibility index (Phi) is 4.73. The molecule has 114 valence electrons. The molecule has 6 heteroatoms. The predicted octanol–water partition coefficient (Wildman–Crippen LogP) is 2.24. The van der Waals surface area contributed by atoms with Gasteiger partial charge in [-0.3, -0.25) is 9.59 Å². The maximum absolute atomic E-state index is 12.1. The lowest BCUT2D eigenvalue weighted by Crippen LogP contribution is -2.06. The average molecular weight is 300 g/mol. The van der Waals surface area contributed by atoms with E-state index in [1.807, 2.05) is 0 Å². The third kappa shape index (κ3) is 3.41. The fourth-order valence-electron chi connectivity index (χ4n) is 1.96. The fraction of sp³-hybridized carbons (Fsp3) is 0.188. The SMILES string of the molecule is C=C(c1cc(C(=O)CCC(=O)OC)ccc1O)n1ccnc1. The molecule has 6 nitrogen and oxygen atoms in total. The molecule has 0 aliphatic heterocycles. The van der Waals surface area contributed by atoms with Gasteiger partial charge in [-0.15, -0.1) is 0 Å². The minimum absolute atomic E-state index is 0.0169. The Balaban J connectivity index is 2.21. The number of phenols is 1. The van der Waals surface area contributed by atoms with Gasteiger partial charge in [0.2, 0.25) is 0 Å². The number of ether oxygens (including phenoxy) is 1. The number of aromatic nitrogens is 2. The van der Waals surface area contributed by atoms with Crippen LogP contribution in [-0.4, -0.2) is 33.5 Å². The van der Waals surface area contributed by atoms with E-state index in [9.17, 15) is 14.7 Å². The molecule has 0 saturated heterocycles. The van der Waals surface area contributed by atoms with Gasteiger partial charge in [-0.1, -0.05) is 6.58 Å². The van der Waals surface area contributed by atoms with Crippen LogP contribution >= 0.6 is 0 Å². The van der Waals surface area contributed by atoms with Gasteiger partial charge in [-0.2, -0.15) is 0 Å². The number of benzene rings is 1. The van der Waals surface area contributed by atoms with E-state index in [1.165, 1.54) is 19.2 Å². The van der Waals surface area contributed by atoms with Gasteiger partial charge in [0.25, 0.3) is 0 Å². The normalized spacial score (nSPS) is 10.2. The zero-order chi connectivity index (χ0) is 16.1. The van der Waals surface area contributed by atoms with Crippen molar-refractivity contribution in [3.63, 3.8) is 0 Å². The van der Waals surface area contributed by atoms with Crippen LogP contribution in [0.2, 0.25) is 0 Å². The van der Waals surface area contributed by atoms with Gasteiger partial charge in [-0.05, 0) is 18.2 Å². The van der Waals surface area contributed by atoms with Crippen LogP contribution in [0.5, 0.6) is 5.75 Å². The Morgan fingerprint density at radius 2 is 2.14 bits per heavy atom. The van der Waals surface area contributed by atoms with Crippen LogP contribution in [0.3, 0.4) is 0 Å². The number of esters is 1. The smallest absolute Gasteiger partial charge is 0.305 e. The summed E-state index contributed by atoms with van der Waals surface area (Å²) in [6.07, 6.45) is 4.90. The number of hydrogen-bond donors (Lipinski definition) is 1. The lowest BCUT2D eigenvalue weighted by Gasteiger charge is -2.10. The Bertz CT molecular complexity index is 705. The molecule has 0 amide bonds. The van der Waals surface area contributed by atoms with E-state index in [1.54, 1.807) is 29.4 Å². The third-order valence-corrected chi connectivity index (χ3v) is 3.23. The number of carbonyl (C=O) groups is 2. The Morgan fingerprint density at radius 1 is 1.36 bits per heavy atom. The largest absolute Gasteiger partial charge is 0.507 e. The summed E-state index contributed by atoms with van der Waals surface area (Å²) in [4.78, 5) is 27.1. The van der Waals surface area contributed by atoms with Gasteiger partial charge in [0.15, 0.2) is 5.78 Å². The first-order valence-corrected chi connectivity index (χ1v) is 6.63. The highest BCUT2D eigenvalue weighted by Crippen LogP contribution is 2.26. The van der Waals surface area contributed by atoms with Gasteiger partial charge >= 0.3 is 5.97 Å². The minimum atomic E-state index is -0.435. The Labute approximate surface area is 127 Å². The van der Waals surface area contributed by atoms with Crippen LogP contribution < -0.4 is 0 Å². The molecule has 2 rings (SSSR count). The second-order valence-electron chi connectivity index (χ2n) is 4.65. The summed E-state index contributed by atoms with van der Waals surface area (Å²) < 4.78 is 6.15. The third-order valence-electron chi connectivity index (χ3n) is 3.23. The van der Waals surface area contributed by atoms with Crippen molar-refractivity contribution in [3.8, 4) is 5.75 Å². The van der Waals surface area contributed by atoms with Crippen molar-refractivity contribution in [1.82, 2.24) is 9.55 Å². The highest BCUT2D eigenvalue weighted by molar-refractivity contribution is 5.98. The van der Waals surface area contributed by atoms with Crippen molar-refractivity contribution < 1.29 is 19.4 Å². The number of carbonyl (C=O) groups excluding carboxylic acids is 2. The Morgan fingerprint density at radius 3 is 2.77 bits per heavy atom. The van der Waals surface area contributed by atoms with Gasteiger partial charge in [0.05, 0.1) is 25.6 Å². The van der Waals surface area contributed by atoms with Gasteiger partial charge in [0, 0.05) is 29.9 Å². The zero-order valence-electron chi connectivity index (χ0n) is 12.2. The van der Waals surface area contributed by atoms with E-state index in [0.717, 1.165) is 0 Å². The first kappa shape index (κ1) is 15.5. The summed E-state index contributed by atoms with van der Waals surface area (Å²) in [5.41, 5.74) is 1.33. The van der Waals surface area contributed by atoms with Crippen molar-refractivity contribution >= 4 is 17.4 Å². The molecular weight excluding hydrogens is 284 g/mol. The summed E-state index contributed by atoms with van der Waals surface area (Å²) in [6.45, 7) is 3.89. The Hall–Kier alpha value is -2.89. The van der Waals surface area contributed by atoms with Crippen molar-refractivity contribution in [1.29, 1.82) is 0 Å². The second kappa shape index (κ2) is 6.71. The summed E-state index contributed by atoms with van der Waals surface area (Å²) in [6, 6.07) is 4.50. The van der Waals surface area contributed by atoms with Crippen LogP contribution in [0, 0.1) is 0 Å². The van der Waals surface area contributed by atoms with Gasteiger partial charge < -0.3 is 14.4 Å². The lowest BCUT2D eigenvalue weighted by atomic mass is 10.0. The maximum Gasteiger partial charge on any atom is 0.305 e. The van der Waals surface area contributed by atoms with Crippen LogP contribution in [0.25, 0.3) is 5.70 Å². The number of hydrogen-bond acceptors (Lipinski definition) is 5. The van der Waals surface area contributed by atoms with E-state index in [2.05, 4.69) is 16.3 Å². The zero-order valence-corrected chi connectivity index (χ0v) is 12.2. The topological polar surface area (TPSA) is 81.4 Å². The minimum Gasteiger partial charge on any atom is -0.507 e. The molecule has 0 aliphatic rings. The molecule has 1 aromatic heterocycles. The first-order chi connectivity index (χ1) is 10.5. The van der Waals surface area contributed by atoms with E-state index in [0.29, 0.717) is 16.8 Å². The summed E-state index contributed by atoms with van der Waals surface area (Å²) in [5.74, 6) is -0.622. The molecule has 0 unspecified atom stereocenters. The van der Waals surface area contributed by atoms with Crippen LogP contribution in [0.4, 0.5) is 0 Å². The molecule has 1 N–H and O–H groups in total. The molecule has 0 fully saturated rings. The van der Waals surface area contributed by atoms with Crippen LogP contribution in [0.15, 0.2) is 43.5 Å². The molecule has 0 aliphatic carbocycles. The molecule has 0 spiro atoms. The maximum atomic E-state index is 12.1. The number of methoxy groups -OCH3 is 1. The van der Waals surface area contributed by atoms with Gasteiger partial charge in [0.1, 0.15) is 5.75 Å². The van der Waals surface area contributed by atoms with Crippen molar-refractivity contribution in [2.75, 3.05) is 7.11 Å². The molecular formula is C16H16N2O4. The number of aromatic hydroxyl groups is 1. The highest BCUT2D eigenvalue weighted by Gasteiger charge is 2.14. The van der Waals surface area contributed by atoms with E-state index in [-0.39, 0.29) is 24.4 Å². The molecule has 0 atom stereocenters. The summed E-state index contributed by atoms with van der Waals surface area (Å²) in [7, 11) is 1.28. The average Bonchev–Trinajstić information content (AvgIpc) is 3.06. The standard InChI is InChI=1S/C16H16N2O4/c1-11(18-8-7-17-10-18)13-9-12(3-4-15(13)20)14(19)5-6-16(21)22-2/h3-4,7-10,20H,1,5-6H2,2H3. The summed E-state index contributed by atoms with van der Waals surface area (Å²) >= 11 is 0. The molecule has 0 radical (unpaired) electrons. The van der Waals surface area contributed by atoms with Crippen molar-refractivity contribution in [2.45, 2.75) is 12.8 Å². The highest BCUT2D eigenvalue weighted by atomic mass is 16.5. The predicted molar refractivity (Wildman–Crippen MR) is 80.3 cm³/mol. The monoisotopic (exact) mass is 300 g/mol. The molecule has 2 aromatic rings. The number of imidazole rings is 1. The van der Waals surface area contributed by atoms with Crippen molar-refractivity contribution in [3.05, 3.63) is 54.6 Å².